The molecule has 3 heterocycles. The summed E-state index contributed by atoms with van der Waals surface area (Å²) in [5.41, 5.74) is 1.23. The Labute approximate surface area is 161 Å². The van der Waals surface area contributed by atoms with Crippen molar-refractivity contribution in [1.82, 2.24) is 9.80 Å². The van der Waals surface area contributed by atoms with Crippen LogP contribution in [-0.4, -0.2) is 73.6 Å². The summed E-state index contributed by atoms with van der Waals surface area (Å²) in [6.07, 6.45) is 3.11. The first-order chi connectivity index (χ1) is 13.2. The normalized spacial score (nSPS) is 24.3. The highest BCUT2D eigenvalue weighted by atomic mass is 16.5. The lowest BCUT2D eigenvalue weighted by Crippen LogP contribution is -2.52. The van der Waals surface area contributed by atoms with E-state index >= 15 is 0 Å². The highest BCUT2D eigenvalue weighted by Crippen LogP contribution is 2.24. The minimum Gasteiger partial charge on any atom is -0.368 e. The molecule has 0 N–H and O–H groups in total. The maximum absolute atomic E-state index is 12.9. The summed E-state index contributed by atoms with van der Waals surface area (Å²) in [5, 5.41) is 0. The Morgan fingerprint density at radius 1 is 0.815 bits per heavy atom. The summed E-state index contributed by atoms with van der Waals surface area (Å²) in [5.74, 6) is 0.448. The second-order valence-corrected chi connectivity index (χ2v) is 7.75. The number of para-hydroxylation sites is 1. The first-order valence-electron chi connectivity index (χ1n) is 10.2. The number of likely N-dealkylation sites (tertiary alicyclic amines) is 1. The van der Waals surface area contributed by atoms with Gasteiger partial charge in [-0.2, -0.15) is 0 Å². The lowest BCUT2D eigenvalue weighted by atomic mass is 9.94. The van der Waals surface area contributed by atoms with Crippen molar-refractivity contribution in [2.24, 2.45) is 5.92 Å². The standard InChI is InChI=1S/C21H29N3O3/c25-20(24-14-12-22(13-15-24)18-5-2-1-3-6-18)17-8-10-23(11-9-17)21(26)19-7-4-16-27-19/h1-3,5-6,17,19H,4,7-16H2. The maximum Gasteiger partial charge on any atom is 0.251 e. The number of rotatable bonds is 3. The molecule has 0 spiro atoms. The SMILES string of the molecule is O=C(C1CCN(C(=O)C2CCCO2)CC1)N1CCN(c2ccccc2)CC1. The fourth-order valence-corrected chi connectivity index (χ4v) is 4.40. The molecular formula is C21H29N3O3. The third kappa shape index (κ3) is 4.10. The van der Waals surface area contributed by atoms with Crippen LogP contribution >= 0.6 is 0 Å². The zero-order valence-electron chi connectivity index (χ0n) is 15.9. The minimum atomic E-state index is -0.247. The number of carbonyl (C=O) groups excluding carboxylic acids is 2. The Hall–Kier alpha value is -2.08. The van der Waals surface area contributed by atoms with Gasteiger partial charge in [0.15, 0.2) is 0 Å². The van der Waals surface area contributed by atoms with E-state index in [0.29, 0.717) is 19.7 Å². The predicted molar refractivity (Wildman–Crippen MR) is 104 cm³/mol. The average molecular weight is 371 g/mol. The molecule has 0 aliphatic carbocycles. The Balaban J connectivity index is 1.24. The molecule has 3 aliphatic heterocycles. The topological polar surface area (TPSA) is 53.1 Å². The summed E-state index contributed by atoms with van der Waals surface area (Å²) in [6.45, 7) is 5.38. The molecule has 0 saturated carbocycles. The molecule has 1 unspecified atom stereocenters. The van der Waals surface area contributed by atoms with Crippen molar-refractivity contribution in [2.45, 2.75) is 31.8 Å². The monoisotopic (exact) mass is 371 g/mol. The van der Waals surface area contributed by atoms with Gasteiger partial charge in [0.25, 0.3) is 5.91 Å². The molecule has 6 nitrogen and oxygen atoms in total. The van der Waals surface area contributed by atoms with E-state index < -0.39 is 0 Å². The smallest absolute Gasteiger partial charge is 0.251 e. The van der Waals surface area contributed by atoms with Gasteiger partial charge >= 0.3 is 0 Å². The van der Waals surface area contributed by atoms with E-state index in [1.54, 1.807) is 0 Å². The number of amides is 2. The number of hydrogen-bond acceptors (Lipinski definition) is 4. The van der Waals surface area contributed by atoms with Crippen molar-refractivity contribution in [3.63, 3.8) is 0 Å². The average Bonchev–Trinajstić information content (AvgIpc) is 3.28. The molecule has 1 aromatic rings. The summed E-state index contributed by atoms with van der Waals surface area (Å²) in [7, 11) is 0. The Bertz CT molecular complexity index is 644. The Morgan fingerprint density at radius 2 is 1.48 bits per heavy atom. The van der Waals surface area contributed by atoms with Gasteiger partial charge in [0, 0.05) is 57.5 Å². The van der Waals surface area contributed by atoms with Gasteiger partial charge < -0.3 is 19.4 Å². The van der Waals surface area contributed by atoms with Crippen LogP contribution in [0.5, 0.6) is 0 Å². The molecule has 0 aromatic heterocycles. The fraction of sp³-hybridized carbons (Fsp3) is 0.619. The number of hydrogen-bond donors (Lipinski definition) is 0. The van der Waals surface area contributed by atoms with Crippen LogP contribution < -0.4 is 4.90 Å². The molecule has 2 amide bonds. The molecule has 3 saturated heterocycles. The van der Waals surface area contributed by atoms with Crippen LogP contribution in [0.15, 0.2) is 30.3 Å². The number of anilines is 1. The molecular weight excluding hydrogens is 342 g/mol. The van der Waals surface area contributed by atoms with Gasteiger partial charge in [0.05, 0.1) is 0 Å². The first-order valence-corrected chi connectivity index (χ1v) is 10.2. The molecule has 3 aliphatic rings. The van der Waals surface area contributed by atoms with E-state index in [4.69, 9.17) is 4.74 Å². The van der Waals surface area contributed by atoms with Gasteiger partial charge in [-0.05, 0) is 37.8 Å². The van der Waals surface area contributed by atoms with Gasteiger partial charge in [0.1, 0.15) is 6.10 Å². The van der Waals surface area contributed by atoms with Crippen molar-refractivity contribution in [2.75, 3.05) is 50.8 Å². The van der Waals surface area contributed by atoms with Crippen molar-refractivity contribution in [3.8, 4) is 0 Å². The van der Waals surface area contributed by atoms with E-state index in [1.807, 2.05) is 15.9 Å². The highest BCUT2D eigenvalue weighted by Gasteiger charge is 2.34. The molecule has 0 radical (unpaired) electrons. The lowest BCUT2D eigenvalue weighted by molar-refractivity contribution is -0.146. The second kappa shape index (κ2) is 8.30. The van der Waals surface area contributed by atoms with Gasteiger partial charge in [-0.1, -0.05) is 18.2 Å². The largest absolute Gasteiger partial charge is 0.368 e. The Kier molecular flexibility index (Phi) is 5.62. The van der Waals surface area contributed by atoms with E-state index in [1.165, 1.54) is 5.69 Å². The van der Waals surface area contributed by atoms with E-state index in [2.05, 4.69) is 29.2 Å². The van der Waals surface area contributed by atoms with Crippen LogP contribution in [0.25, 0.3) is 0 Å². The third-order valence-corrected chi connectivity index (χ3v) is 6.07. The van der Waals surface area contributed by atoms with E-state index in [9.17, 15) is 9.59 Å². The van der Waals surface area contributed by atoms with Crippen molar-refractivity contribution >= 4 is 17.5 Å². The first kappa shape index (κ1) is 18.3. The van der Waals surface area contributed by atoms with Crippen molar-refractivity contribution in [1.29, 1.82) is 0 Å². The van der Waals surface area contributed by atoms with E-state index in [-0.39, 0.29) is 23.8 Å². The molecule has 27 heavy (non-hydrogen) atoms. The van der Waals surface area contributed by atoms with Crippen molar-refractivity contribution in [3.05, 3.63) is 30.3 Å². The molecule has 3 fully saturated rings. The molecule has 1 aromatic carbocycles. The summed E-state index contributed by atoms with van der Waals surface area (Å²) in [6, 6.07) is 10.4. The molecule has 6 heteroatoms. The van der Waals surface area contributed by atoms with Crippen molar-refractivity contribution < 1.29 is 14.3 Å². The predicted octanol–water partition coefficient (Wildman–Crippen LogP) is 1.75. The number of piperazine rings is 1. The molecule has 0 bridgehead atoms. The van der Waals surface area contributed by atoms with Crippen LogP contribution in [0.2, 0.25) is 0 Å². The fourth-order valence-electron chi connectivity index (χ4n) is 4.40. The maximum atomic E-state index is 12.9. The zero-order chi connectivity index (χ0) is 18.6. The molecule has 146 valence electrons. The van der Waals surface area contributed by atoms with Crippen LogP contribution in [-0.2, 0) is 14.3 Å². The highest BCUT2D eigenvalue weighted by molar-refractivity contribution is 5.82. The number of benzene rings is 1. The van der Waals surface area contributed by atoms with Gasteiger partial charge in [-0.25, -0.2) is 0 Å². The number of ether oxygens (including phenoxy) is 1. The molecule has 1 atom stereocenters. The number of nitrogens with zero attached hydrogens (tertiary/aromatic N) is 3. The lowest BCUT2D eigenvalue weighted by Gasteiger charge is -2.39. The summed E-state index contributed by atoms with van der Waals surface area (Å²) < 4.78 is 5.51. The van der Waals surface area contributed by atoms with Crippen LogP contribution in [0, 0.1) is 5.92 Å². The van der Waals surface area contributed by atoms with Crippen LogP contribution in [0.1, 0.15) is 25.7 Å². The van der Waals surface area contributed by atoms with Gasteiger partial charge in [0.2, 0.25) is 5.91 Å². The summed E-state index contributed by atoms with van der Waals surface area (Å²) in [4.78, 5) is 31.6. The second-order valence-electron chi connectivity index (χ2n) is 7.75. The minimum absolute atomic E-state index is 0.0572. The molecule has 4 rings (SSSR count). The number of piperidine rings is 1. The zero-order valence-corrected chi connectivity index (χ0v) is 15.9. The Morgan fingerprint density at radius 3 is 2.11 bits per heavy atom. The summed E-state index contributed by atoms with van der Waals surface area (Å²) >= 11 is 0. The third-order valence-electron chi connectivity index (χ3n) is 6.07. The van der Waals surface area contributed by atoms with Gasteiger partial charge in [-0.3, -0.25) is 9.59 Å². The quantitative estimate of drug-likeness (QED) is 0.812. The van der Waals surface area contributed by atoms with Crippen LogP contribution in [0.3, 0.4) is 0 Å². The van der Waals surface area contributed by atoms with E-state index in [0.717, 1.165) is 51.9 Å². The van der Waals surface area contributed by atoms with Gasteiger partial charge in [-0.15, -0.1) is 0 Å². The number of carbonyl (C=O) groups is 2. The van der Waals surface area contributed by atoms with Crippen LogP contribution in [0.4, 0.5) is 5.69 Å².